The molecule has 36 rings (SSSR count). The van der Waals surface area contributed by atoms with Gasteiger partial charge in [0.1, 0.15) is 45.2 Å². The van der Waals surface area contributed by atoms with Gasteiger partial charge in [-0.15, -0.1) is 0 Å². The molecule has 0 spiro atoms. The maximum Gasteiger partial charge on any atom is 0.147 e. The van der Waals surface area contributed by atoms with E-state index >= 15 is 0 Å². The van der Waals surface area contributed by atoms with Crippen LogP contribution < -0.4 is 0 Å². The van der Waals surface area contributed by atoms with Crippen LogP contribution in [-0.2, 0) is 51.4 Å². The number of imidazole rings is 4. The monoisotopic (exact) mass is 1780 g/mol. The number of aromatic nitrogens is 12. The van der Waals surface area contributed by atoms with Crippen molar-refractivity contribution in [1.82, 2.24) is 57.5 Å². The highest BCUT2D eigenvalue weighted by molar-refractivity contribution is 6.20. The van der Waals surface area contributed by atoms with Crippen LogP contribution >= 0.6 is 0 Å². The molecular formula is C128H76N12. The van der Waals surface area contributed by atoms with E-state index in [0.29, 0.717) is 0 Å². The second-order valence-electron chi connectivity index (χ2n) is 39.3. The molecule has 12 nitrogen and oxygen atoms in total. The molecule has 16 aromatic carbocycles. The molecule has 140 heavy (non-hydrogen) atoms. The van der Waals surface area contributed by atoms with Crippen molar-refractivity contribution in [2.75, 3.05) is 0 Å². The summed E-state index contributed by atoms with van der Waals surface area (Å²) in [6.45, 7) is 0. The third-order valence-corrected chi connectivity index (χ3v) is 32.2. The molecule has 0 aliphatic heterocycles. The van der Waals surface area contributed by atoms with E-state index in [0.717, 1.165) is 141 Å². The molecule has 12 aromatic heterocycles. The SMILES string of the molecule is c1ccc2c(c1)Cc1c-2ccc2c1-c1cc3c(cc1C2)c1cccnc1n1c2ccccc2nc31.c1ccc2c(c1)Cc1c-2ccc2c1Cc1cc3c4cccnc4n4c5ccccc5nc4c3cc1-2.c1ccc2c(c1)Cc1cc3c(cc1-2)-c1cc2c(cc1C3)c1cccnc1n1c3ccccc3nc21.c1ccc2c(c1)Cc1ccc3c(c1-2)-c1cc2c(cc1C3)c1cccnc1n1c3ccccc3nc21. The van der Waals surface area contributed by atoms with Gasteiger partial charge in [0, 0.05) is 67.9 Å². The van der Waals surface area contributed by atoms with E-state index in [4.69, 9.17) is 39.9 Å². The second-order valence-corrected chi connectivity index (χ2v) is 39.3. The smallest absolute Gasteiger partial charge is 0.147 e. The molecular weight excluding hydrogens is 1710 g/mol. The quantitative estimate of drug-likeness (QED) is 0.138. The topological polar surface area (TPSA) is 121 Å². The van der Waals surface area contributed by atoms with Crippen molar-refractivity contribution in [2.24, 2.45) is 0 Å². The lowest BCUT2D eigenvalue weighted by atomic mass is 9.92. The summed E-state index contributed by atoms with van der Waals surface area (Å²) in [4.78, 5) is 39.6. The van der Waals surface area contributed by atoms with Crippen LogP contribution in [0.3, 0.4) is 0 Å². The molecule has 0 N–H and O–H groups in total. The Labute approximate surface area is 799 Å². The molecule has 0 radical (unpaired) electrons. The van der Waals surface area contributed by atoms with Crippen LogP contribution in [0.5, 0.6) is 0 Å². The summed E-state index contributed by atoms with van der Waals surface area (Å²) in [7, 11) is 0. The van der Waals surface area contributed by atoms with E-state index in [-0.39, 0.29) is 0 Å². The predicted molar refractivity (Wildman–Crippen MR) is 568 cm³/mol. The zero-order valence-corrected chi connectivity index (χ0v) is 75.7. The lowest BCUT2D eigenvalue weighted by Crippen LogP contribution is -1.95. The minimum absolute atomic E-state index is 0.967. The second kappa shape index (κ2) is 27.9. The van der Waals surface area contributed by atoms with Gasteiger partial charge in [0.2, 0.25) is 0 Å². The molecule has 8 aliphatic rings. The van der Waals surface area contributed by atoms with Crippen LogP contribution in [0.25, 0.3) is 243 Å². The van der Waals surface area contributed by atoms with Crippen molar-refractivity contribution in [1.29, 1.82) is 0 Å². The van der Waals surface area contributed by atoms with Crippen LogP contribution in [0, 0.1) is 0 Å². The van der Waals surface area contributed by atoms with Gasteiger partial charge in [-0.1, -0.05) is 188 Å². The van der Waals surface area contributed by atoms with E-state index in [1.165, 1.54) is 243 Å². The Kier molecular flexibility index (Phi) is 15.0. The minimum Gasteiger partial charge on any atom is -0.276 e. The minimum atomic E-state index is 0.967. The summed E-state index contributed by atoms with van der Waals surface area (Å²) >= 11 is 0. The highest BCUT2D eigenvalue weighted by Gasteiger charge is 2.36. The number of fused-ring (bicyclic) bond motifs is 59. The van der Waals surface area contributed by atoms with Gasteiger partial charge in [-0.25, -0.2) is 39.9 Å². The maximum atomic E-state index is 5.11. The average Bonchev–Trinajstić information content (AvgIpc) is 1.55. The summed E-state index contributed by atoms with van der Waals surface area (Å²) < 4.78 is 8.93. The third-order valence-electron chi connectivity index (χ3n) is 32.2. The molecule has 28 aromatic rings. The van der Waals surface area contributed by atoms with E-state index < -0.39 is 0 Å². The summed E-state index contributed by atoms with van der Waals surface area (Å²) in [5.41, 5.74) is 61.5. The Morgan fingerprint density at radius 2 is 0.421 bits per heavy atom. The zero-order valence-electron chi connectivity index (χ0n) is 75.7. The van der Waals surface area contributed by atoms with E-state index in [1.54, 1.807) is 0 Å². The standard InChI is InChI=1S/4C32H19N3/c1-2-7-21-18(6-1)15-26-22(21)12-11-19-14-20-16-25-23-8-5-13-33-31(23)35-29-10-4-3-9-28(29)34-32(35)27(25)17-24(20)30(19)26;1-2-7-20-18(6-1)14-25-21(20)11-12-22-24-17-28-27(16-19(24)15-26(22)25)23-8-5-13-33-31(23)35-30-10-4-3-9-29(30)34-32(28)35;1-2-7-22-18(6-1)14-19-11-12-20-15-21-16-25-23-8-5-13-33-31(23)35-28-10-4-3-9-27(28)34-32(35)26(25)17-24(21)30(20)29(19)22;1-2-7-22-18(6-1)12-19-13-20-14-21-15-27-23-8-5-11-33-31(23)35-30-10-4-3-9-29(30)34-32(35)28(27)17-26(21)25(20)16-24(19)22/h3*1-13,16-17H,14-15H2;1-11,13,15-17H,12,14H2. The van der Waals surface area contributed by atoms with Crippen molar-refractivity contribution < 1.29 is 0 Å². The molecule has 0 fully saturated rings. The number of benzene rings is 16. The Bertz CT molecular complexity index is 10600. The Morgan fingerprint density at radius 3 is 0.879 bits per heavy atom. The molecule has 0 saturated heterocycles. The van der Waals surface area contributed by atoms with Crippen LogP contribution in [0.2, 0.25) is 0 Å². The van der Waals surface area contributed by atoms with Crippen molar-refractivity contribution in [3.63, 3.8) is 0 Å². The van der Waals surface area contributed by atoms with E-state index in [1.807, 2.05) is 49.1 Å². The van der Waals surface area contributed by atoms with Crippen molar-refractivity contribution in [3.8, 4) is 89.0 Å². The number of para-hydroxylation sites is 8. The van der Waals surface area contributed by atoms with Crippen molar-refractivity contribution >= 4 is 154 Å². The maximum absolute atomic E-state index is 5.11. The van der Waals surface area contributed by atoms with Gasteiger partial charge in [0.05, 0.1) is 44.1 Å². The van der Waals surface area contributed by atoms with Gasteiger partial charge >= 0.3 is 0 Å². The lowest BCUT2D eigenvalue weighted by Gasteiger charge is -2.13. The Hall–Kier alpha value is -18.0. The first-order chi connectivity index (χ1) is 69.4. The summed E-state index contributed by atoms with van der Waals surface area (Å²) in [6.07, 6.45) is 15.5. The summed E-state index contributed by atoms with van der Waals surface area (Å²) in [5, 5.41) is 14.4. The molecule has 8 aliphatic carbocycles. The molecule has 0 atom stereocenters. The zero-order chi connectivity index (χ0) is 90.7. The van der Waals surface area contributed by atoms with Gasteiger partial charge in [-0.05, 0) is 403 Å². The third kappa shape index (κ3) is 10.4. The van der Waals surface area contributed by atoms with Crippen LogP contribution in [-0.4, -0.2) is 57.5 Å². The fraction of sp³-hybridized carbons (Fsp3) is 0.0625. The highest BCUT2D eigenvalue weighted by Crippen LogP contribution is 2.56. The fourth-order valence-electron chi connectivity index (χ4n) is 26.2. The highest BCUT2D eigenvalue weighted by atomic mass is 15.1. The molecule has 0 saturated carbocycles. The van der Waals surface area contributed by atoms with Crippen molar-refractivity contribution in [3.05, 3.63) is 454 Å². The normalized spacial score (nSPS) is 13.5. The first kappa shape index (κ1) is 75.3. The average molecular weight is 1780 g/mol. The molecule has 0 bridgehead atoms. The first-order valence-electron chi connectivity index (χ1n) is 48.8. The Balaban J connectivity index is 0.0000000829. The molecule has 0 amide bonds. The number of hydrogen-bond acceptors (Lipinski definition) is 8. The van der Waals surface area contributed by atoms with Gasteiger partial charge in [-0.3, -0.25) is 17.6 Å². The number of nitrogens with zero attached hydrogens (tertiary/aromatic N) is 12. The lowest BCUT2D eigenvalue weighted by molar-refractivity contribution is 1.16. The Morgan fingerprint density at radius 1 is 0.150 bits per heavy atom. The summed E-state index contributed by atoms with van der Waals surface area (Å²) in [5.74, 6) is 0. The first-order valence-corrected chi connectivity index (χ1v) is 48.8. The molecule has 12 heterocycles. The number of hydrogen-bond donors (Lipinski definition) is 0. The van der Waals surface area contributed by atoms with Crippen LogP contribution in [0.1, 0.15) is 89.0 Å². The van der Waals surface area contributed by atoms with Crippen LogP contribution in [0.15, 0.2) is 365 Å². The number of pyridine rings is 8. The van der Waals surface area contributed by atoms with Gasteiger partial charge in [-0.2, -0.15) is 0 Å². The van der Waals surface area contributed by atoms with Gasteiger partial charge in [0.25, 0.3) is 0 Å². The predicted octanol–water partition coefficient (Wildman–Crippen LogP) is 29.3. The molecule has 12 heteroatoms. The van der Waals surface area contributed by atoms with E-state index in [9.17, 15) is 0 Å². The van der Waals surface area contributed by atoms with Gasteiger partial charge in [0.15, 0.2) is 0 Å². The molecule has 0 unspecified atom stereocenters. The van der Waals surface area contributed by atoms with Crippen LogP contribution in [0.4, 0.5) is 0 Å². The fourth-order valence-corrected chi connectivity index (χ4v) is 26.2. The van der Waals surface area contributed by atoms with Crippen molar-refractivity contribution in [2.45, 2.75) is 51.4 Å². The number of rotatable bonds is 0. The van der Waals surface area contributed by atoms with E-state index in [2.05, 4.69) is 333 Å². The summed E-state index contributed by atoms with van der Waals surface area (Å²) in [6, 6.07) is 124. The largest absolute Gasteiger partial charge is 0.276 e. The molecule has 648 valence electrons. The van der Waals surface area contributed by atoms with Gasteiger partial charge < -0.3 is 0 Å².